The van der Waals surface area contributed by atoms with Gasteiger partial charge in [0, 0.05) is 6.04 Å². The third kappa shape index (κ3) is 3.40. The smallest absolute Gasteiger partial charge is 0.271 e. The standard InChI is InChI=1S/C19H20N2O5/c1-11(2)21-18(23)13(9-20)12(3)17(19(21)24)14(22)10-26-16-8-6-5-7-15(16)25-4/h5-8,11,24H,10H2,1-4H3. The minimum Gasteiger partial charge on any atom is -0.494 e. The fourth-order valence-corrected chi connectivity index (χ4v) is 2.69. The maximum absolute atomic E-state index is 12.7. The number of carbonyl (C=O) groups is 1. The van der Waals surface area contributed by atoms with Crippen LogP contribution in [-0.2, 0) is 0 Å². The Morgan fingerprint density at radius 1 is 1.31 bits per heavy atom. The van der Waals surface area contributed by atoms with Gasteiger partial charge in [-0.3, -0.25) is 14.2 Å². The van der Waals surface area contributed by atoms with Crippen molar-refractivity contribution in [3.05, 3.63) is 51.3 Å². The molecule has 0 amide bonds. The third-order valence-corrected chi connectivity index (χ3v) is 3.97. The lowest BCUT2D eigenvalue weighted by atomic mass is 10.0. The molecule has 1 aromatic heterocycles. The summed E-state index contributed by atoms with van der Waals surface area (Å²) in [6, 6.07) is 8.23. The number of para-hydroxylation sites is 2. The first kappa shape index (κ1) is 19.1. The molecule has 136 valence electrons. The number of benzene rings is 1. The summed E-state index contributed by atoms with van der Waals surface area (Å²) in [7, 11) is 1.48. The number of ketones is 1. The first-order valence-corrected chi connectivity index (χ1v) is 8.00. The fraction of sp³-hybridized carbons (Fsp3) is 0.316. The Labute approximate surface area is 151 Å². The van der Waals surface area contributed by atoms with Gasteiger partial charge in [-0.05, 0) is 38.5 Å². The van der Waals surface area contributed by atoms with Crippen LogP contribution in [0.1, 0.15) is 41.4 Å². The Morgan fingerprint density at radius 2 is 1.92 bits per heavy atom. The van der Waals surface area contributed by atoms with Crippen LogP contribution in [0.4, 0.5) is 0 Å². The number of ether oxygens (including phenoxy) is 2. The van der Waals surface area contributed by atoms with E-state index in [1.807, 2.05) is 6.07 Å². The number of pyridine rings is 1. The minimum absolute atomic E-state index is 0.0928. The largest absolute Gasteiger partial charge is 0.494 e. The number of Topliss-reactive ketones (excluding diaryl/α,β-unsaturated/α-hetero) is 1. The van der Waals surface area contributed by atoms with Crippen molar-refractivity contribution in [2.45, 2.75) is 26.8 Å². The van der Waals surface area contributed by atoms with Crippen molar-refractivity contribution in [2.75, 3.05) is 13.7 Å². The maximum Gasteiger partial charge on any atom is 0.271 e. The second kappa shape index (κ2) is 7.74. The molecule has 0 fully saturated rings. The first-order valence-electron chi connectivity index (χ1n) is 8.00. The van der Waals surface area contributed by atoms with Crippen molar-refractivity contribution < 1.29 is 19.4 Å². The lowest BCUT2D eigenvalue weighted by Crippen LogP contribution is -2.28. The van der Waals surface area contributed by atoms with Crippen molar-refractivity contribution in [3.8, 4) is 23.4 Å². The van der Waals surface area contributed by atoms with Crippen LogP contribution >= 0.6 is 0 Å². The molecule has 7 heteroatoms. The number of methoxy groups -OCH3 is 1. The topological polar surface area (TPSA) is 102 Å². The molecule has 0 aliphatic carbocycles. The predicted molar refractivity (Wildman–Crippen MR) is 95.0 cm³/mol. The predicted octanol–water partition coefficient (Wildman–Crippen LogP) is 2.59. The molecular weight excluding hydrogens is 336 g/mol. The number of rotatable bonds is 6. The summed E-state index contributed by atoms with van der Waals surface area (Å²) < 4.78 is 11.7. The average molecular weight is 356 g/mol. The molecule has 0 aliphatic rings. The molecule has 0 saturated carbocycles. The summed E-state index contributed by atoms with van der Waals surface area (Å²) in [6.07, 6.45) is 0. The highest BCUT2D eigenvalue weighted by Gasteiger charge is 2.25. The Hall–Kier alpha value is -3.27. The van der Waals surface area contributed by atoms with Gasteiger partial charge in [-0.2, -0.15) is 5.26 Å². The second-order valence-electron chi connectivity index (χ2n) is 5.94. The minimum atomic E-state index is -0.625. The van der Waals surface area contributed by atoms with Crippen molar-refractivity contribution in [3.63, 3.8) is 0 Å². The molecule has 2 rings (SSSR count). The van der Waals surface area contributed by atoms with Crippen LogP contribution in [0.5, 0.6) is 17.4 Å². The van der Waals surface area contributed by atoms with Crippen LogP contribution in [0.15, 0.2) is 29.1 Å². The van der Waals surface area contributed by atoms with E-state index < -0.39 is 23.3 Å². The molecule has 0 radical (unpaired) electrons. The molecule has 0 aliphatic heterocycles. The van der Waals surface area contributed by atoms with Gasteiger partial charge in [0.05, 0.1) is 12.7 Å². The quantitative estimate of drug-likeness (QED) is 0.798. The van der Waals surface area contributed by atoms with Gasteiger partial charge in [0.15, 0.2) is 18.1 Å². The molecule has 0 atom stereocenters. The first-order chi connectivity index (χ1) is 12.3. The maximum atomic E-state index is 12.7. The molecule has 0 saturated heterocycles. The van der Waals surface area contributed by atoms with Crippen LogP contribution in [0.2, 0.25) is 0 Å². The van der Waals surface area contributed by atoms with Crippen molar-refractivity contribution in [1.82, 2.24) is 4.57 Å². The highest BCUT2D eigenvalue weighted by molar-refractivity contribution is 6.01. The van der Waals surface area contributed by atoms with E-state index in [1.54, 1.807) is 38.1 Å². The van der Waals surface area contributed by atoms with Gasteiger partial charge in [-0.25, -0.2) is 0 Å². The van der Waals surface area contributed by atoms with Crippen molar-refractivity contribution in [1.29, 1.82) is 5.26 Å². The number of nitrogens with zero attached hydrogens (tertiary/aromatic N) is 2. The Morgan fingerprint density at radius 3 is 2.46 bits per heavy atom. The molecule has 26 heavy (non-hydrogen) atoms. The molecule has 7 nitrogen and oxygen atoms in total. The summed E-state index contributed by atoms with van der Waals surface area (Å²) in [5, 5.41) is 19.7. The van der Waals surface area contributed by atoms with Crippen LogP contribution in [0.25, 0.3) is 0 Å². The van der Waals surface area contributed by atoms with Gasteiger partial charge in [0.25, 0.3) is 5.56 Å². The zero-order valence-corrected chi connectivity index (χ0v) is 15.1. The van der Waals surface area contributed by atoms with E-state index >= 15 is 0 Å². The van der Waals surface area contributed by atoms with E-state index in [2.05, 4.69) is 0 Å². The summed E-state index contributed by atoms with van der Waals surface area (Å²) in [5.74, 6) is -0.170. The number of aromatic hydroxyl groups is 1. The van der Waals surface area contributed by atoms with E-state index in [9.17, 15) is 20.0 Å². The van der Waals surface area contributed by atoms with E-state index in [-0.39, 0.29) is 23.3 Å². The van der Waals surface area contributed by atoms with Crippen LogP contribution in [0.3, 0.4) is 0 Å². The lowest BCUT2D eigenvalue weighted by Gasteiger charge is -2.18. The summed E-state index contributed by atoms with van der Waals surface area (Å²) in [5.41, 5.74) is -0.748. The number of hydrogen-bond acceptors (Lipinski definition) is 6. The summed E-state index contributed by atoms with van der Waals surface area (Å²) >= 11 is 0. The van der Waals surface area contributed by atoms with Crippen LogP contribution in [0, 0.1) is 18.3 Å². The molecule has 1 heterocycles. The van der Waals surface area contributed by atoms with E-state index in [0.717, 1.165) is 4.57 Å². The SMILES string of the molecule is COc1ccccc1OCC(=O)c1c(C)c(C#N)c(=O)n(C(C)C)c1O. The number of aromatic nitrogens is 1. The van der Waals surface area contributed by atoms with E-state index in [4.69, 9.17) is 9.47 Å². The zero-order valence-electron chi connectivity index (χ0n) is 15.1. The third-order valence-electron chi connectivity index (χ3n) is 3.97. The highest BCUT2D eigenvalue weighted by atomic mass is 16.5. The van der Waals surface area contributed by atoms with Crippen LogP contribution < -0.4 is 15.0 Å². The van der Waals surface area contributed by atoms with Gasteiger partial charge in [-0.1, -0.05) is 12.1 Å². The van der Waals surface area contributed by atoms with Gasteiger partial charge in [-0.15, -0.1) is 0 Å². The normalized spacial score (nSPS) is 10.5. The van der Waals surface area contributed by atoms with Crippen molar-refractivity contribution >= 4 is 5.78 Å². The Balaban J connectivity index is 2.45. The molecule has 0 spiro atoms. The molecular formula is C19H20N2O5. The summed E-state index contributed by atoms with van der Waals surface area (Å²) in [4.78, 5) is 25.0. The van der Waals surface area contributed by atoms with E-state index in [0.29, 0.717) is 11.5 Å². The second-order valence-corrected chi connectivity index (χ2v) is 5.94. The molecule has 1 N–H and O–H groups in total. The van der Waals surface area contributed by atoms with Gasteiger partial charge < -0.3 is 14.6 Å². The summed E-state index contributed by atoms with van der Waals surface area (Å²) in [6.45, 7) is 4.44. The lowest BCUT2D eigenvalue weighted by molar-refractivity contribution is 0.0914. The molecule has 2 aromatic rings. The average Bonchev–Trinajstić information content (AvgIpc) is 2.60. The van der Waals surface area contributed by atoms with Crippen molar-refractivity contribution in [2.24, 2.45) is 0 Å². The van der Waals surface area contributed by atoms with E-state index in [1.165, 1.54) is 14.0 Å². The number of hydrogen-bond donors (Lipinski definition) is 1. The monoisotopic (exact) mass is 356 g/mol. The molecule has 0 unspecified atom stereocenters. The fourth-order valence-electron chi connectivity index (χ4n) is 2.69. The van der Waals surface area contributed by atoms with Gasteiger partial charge in [0.2, 0.25) is 11.7 Å². The Bertz CT molecular complexity index is 938. The highest BCUT2D eigenvalue weighted by Crippen LogP contribution is 2.28. The molecule has 0 bridgehead atoms. The zero-order chi connectivity index (χ0) is 19.4. The Kier molecular flexibility index (Phi) is 5.68. The number of carbonyl (C=O) groups excluding carboxylic acids is 1. The number of nitriles is 1. The molecule has 1 aromatic carbocycles. The van der Waals surface area contributed by atoms with Gasteiger partial charge in [0.1, 0.15) is 11.6 Å². The van der Waals surface area contributed by atoms with Crippen LogP contribution in [-0.4, -0.2) is 29.2 Å². The van der Waals surface area contributed by atoms with Gasteiger partial charge >= 0.3 is 0 Å².